The van der Waals surface area contributed by atoms with Crippen molar-refractivity contribution in [3.05, 3.63) is 35.4 Å². The van der Waals surface area contributed by atoms with Gasteiger partial charge in [-0.2, -0.15) is 5.10 Å². The number of halogens is 2. The van der Waals surface area contributed by atoms with Crippen molar-refractivity contribution >= 4 is 17.8 Å². The average Bonchev–Trinajstić information content (AvgIpc) is 2.57. The molecule has 1 aromatic rings. The zero-order chi connectivity index (χ0) is 21.7. The van der Waals surface area contributed by atoms with Gasteiger partial charge >= 0.3 is 6.09 Å². The molecule has 0 saturated carbocycles. The number of hydrogen-bond donors (Lipinski definition) is 3. The van der Waals surface area contributed by atoms with E-state index in [4.69, 9.17) is 15.2 Å². The van der Waals surface area contributed by atoms with Crippen molar-refractivity contribution < 1.29 is 27.8 Å². The third-order valence-electron chi connectivity index (χ3n) is 3.64. The lowest BCUT2D eigenvalue weighted by molar-refractivity contribution is -0.130. The molecule has 1 unspecified atom stereocenters. The number of carbonyl (C=O) groups is 2. The number of rotatable bonds is 6. The summed E-state index contributed by atoms with van der Waals surface area (Å²) < 4.78 is 37.4. The number of benzene rings is 1. The van der Waals surface area contributed by atoms with Gasteiger partial charge in [-0.15, -0.1) is 0 Å². The Kier molecular flexibility index (Phi) is 7.45. The van der Waals surface area contributed by atoms with Crippen molar-refractivity contribution in [1.29, 1.82) is 0 Å². The largest absolute Gasteiger partial charge is 0.444 e. The number of nitrogens with one attached hydrogen (secondary N) is 2. The number of nitrogens with two attached hydrogens (primary N) is 1. The lowest BCUT2D eigenvalue weighted by Crippen LogP contribution is -2.58. The Bertz CT molecular complexity index is 760. The Morgan fingerprint density at radius 3 is 2.32 bits per heavy atom. The summed E-state index contributed by atoms with van der Waals surface area (Å²) in [5.41, 5.74) is 5.51. The SMILES string of the molecule is COC(C)(C)C(NC(=O)OC(C)(C)C)C(=O)NN=C(N)c1cc(F)ccc1F. The predicted molar refractivity (Wildman–Crippen MR) is 99.5 cm³/mol. The number of hydrazone groups is 1. The van der Waals surface area contributed by atoms with Gasteiger partial charge in [0, 0.05) is 7.11 Å². The molecule has 2 amide bonds. The van der Waals surface area contributed by atoms with Gasteiger partial charge in [-0.3, -0.25) is 4.79 Å². The van der Waals surface area contributed by atoms with Crippen LogP contribution < -0.4 is 16.5 Å². The first-order valence-electron chi connectivity index (χ1n) is 8.40. The Balaban J connectivity index is 3.00. The minimum absolute atomic E-state index is 0.317. The molecular formula is C18H26F2N4O4. The fourth-order valence-corrected chi connectivity index (χ4v) is 2.03. The quantitative estimate of drug-likeness (QED) is 0.384. The number of hydrogen-bond acceptors (Lipinski definition) is 5. The summed E-state index contributed by atoms with van der Waals surface area (Å²) in [6, 6.07) is 1.43. The van der Waals surface area contributed by atoms with Crippen LogP contribution in [0.25, 0.3) is 0 Å². The summed E-state index contributed by atoms with van der Waals surface area (Å²) >= 11 is 0. The minimum Gasteiger partial charge on any atom is -0.444 e. The van der Waals surface area contributed by atoms with Crippen molar-refractivity contribution in [1.82, 2.24) is 10.7 Å². The van der Waals surface area contributed by atoms with E-state index in [-0.39, 0.29) is 5.56 Å². The normalized spacial score (nSPS) is 13.6. The number of amides is 2. The molecule has 0 aliphatic rings. The molecule has 1 aromatic carbocycles. The molecule has 0 radical (unpaired) electrons. The standard InChI is InChI=1S/C18H26F2N4O4/c1-17(2,3)28-16(26)22-13(18(4,5)27-6)15(25)24-23-14(21)11-9-10(19)7-8-12(11)20/h7-9,13H,1-6H3,(H2,21,23)(H,22,26)(H,24,25). The highest BCUT2D eigenvalue weighted by molar-refractivity contribution is 5.98. The first-order valence-corrected chi connectivity index (χ1v) is 8.40. The van der Waals surface area contributed by atoms with Gasteiger partial charge in [-0.25, -0.2) is 19.0 Å². The highest BCUT2D eigenvalue weighted by atomic mass is 19.1. The van der Waals surface area contributed by atoms with Gasteiger partial charge in [0.15, 0.2) is 5.84 Å². The van der Waals surface area contributed by atoms with Crippen molar-refractivity contribution in [3.8, 4) is 0 Å². The van der Waals surface area contributed by atoms with E-state index in [1.807, 2.05) is 0 Å². The van der Waals surface area contributed by atoms with Crippen LogP contribution in [0.4, 0.5) is 13.6 Å². The van der Waals surface area contributed by atoms with E-state index < -0.39 is 46.7 Å². The van der Waals surface area contributed by atoms with Crippen LogP contribution in [0.5, 0.6) is 0 Å². The number of carbonyl (C=O) groups excluding carboxylic acids is 2. The molecule has 10 heteroatoms. The van der Waals surface area contributed by atoms with E-state index in [0.717, 1.165) is 18.2 Å². The van der Waals surface area contributed by atoms with Gasteiger partial charge in [0.25, 0.3) is 5.91 Å². The van der Waals surface area contributed by atoms with Crippen LogP contribution in [-0.4, -0.2) is 42.2 Å². The third kappa shape index (κ3) is 6.76. The number of nitrogens with zero attached hydrogens (tertiary/aromatic N) is 1. The summed E-state index contributed by atoms with van der Waals surface area (Å²) in [5.74, 6) is -2.77. The van der Waals surface area contributed by atoms with Gasteiger partial charge in [0.2, 0.25) is 0 Å². The Morgan fingerprint density at radius 2 is 1.79 bits per heavy atom. The van der Waals surface area contributed by atoms with Crippen LogP contribution in [0.15, 0.2) is 23.3 Å². The van der Waals surface area contributed by atoms with E-state index in [1.165, 1.54) is 7.11 Å². The maximum atomic E-state index is 13.7. The maximum absolute atomic E-state index is 13.7. The molecule has 0 aliphatic heterocycles. The summed E-state index contributed by atoms with van der Waals surface area (Å²) in [5, 5.41) is 5.99. The Morgan fingerprint density at radius 1 is 1.18 bits per heavy atom. The lowest BCUT2D eigenvalue weighted by atomic mass is 9.98. The molecule has 28 heavy (non-hydrogen) atoms. The van der Waals surface area contributed by atoms with Crippen molar-refractivity contribution in [2.24, 2.45) is 10.8 Å². The molecule has 0 spiro atoms. The zero-order valence-electron chi connectivity index (χ0n) is 16.7. The van der Waals surface area contributed by atoms with Crippen LogP contribution in [-0.2, 0) is 14.3 Å². The maximum Gasteiger partial charge on any atom is 0.408 e. The van der Waals surface area contributed by atoms with Gasteiger partial charge in [-0.05, 0) is 52.8 Å². The molecule has 0 aromatic heterocycles. The van der Waals surface area contributed by atoms with Gasteiger partial charge < -0.3 is 20.5 Å². The van der Waals surface area contributed by atoms with Crippen LogP contribution >= 0.6 is 0 Å². The second kappa shape index (κ2) is 8.96. The number of ether oxygens (including phenoxy) is 2. The van der Waals surface area contributed by atoms with E-state index >= 15 is 0 Å². The Hall–Kier alpha value is -2.75. The third-order valence-corrected chi connectivity index (χ3v) is 3.64. The van der Waals surface area contributed by atoms with Gasteiger partial charge in [0.1, 0.15) is 23.3 Å². The smallest absolute Gasteiger partial charge is 0.408 e. The molecule has 0 saturated heterocycles. The van der Waals surface area contributed by atoms with Crippen LogP contribution in [0, 0.1) is 11.6 Å². The zero-order valence-corrected chi connectivity index (χ0v) is 16.7. The molecule has 0 heterocycles. The summed E-state index contributed by atoms with van der Waals surface area (Å²) in [7, 11) is 1.36. The Labute approximate surface area is 162 Å². The molecule has 0 fully saturated rings. The number of amidine groups is 1. The van der Waals surface area contributed by atoms with Crippen LogP contribution in [0.2, 0.25) is 0 Å². The number of alkyl carbamates (subject to hydrolysis) is 1. The van der Waals surface area contributed by atoms with E-state index in [2.05, 4.69) is 15.8 Å². The van der Waals surface area contributed by atoms with Gasteiger partial charge in [-0.1, -0.05) is 0 Å². The molecule has 0 bridgehead atoms. The van der Waals surface area contributed by atoms with Crippen LogP contribution in [0.3, 0.4) is 0 Å². The lowest BCUT2D eigenvalue weighted by Gasteiger charge is -2.32. The highest BCUT2D eigenvalue weighted by Gasteiger charge is 2.38. The first kappa shape index (κ1) is 23.3. The summed E-state index contributed by atoms with van der Waals surface area (Å²) in [6.07, 6.45) is -0.842. The summed E-state index contributed by atoms with van der Waals surface area (Å²) in [6.45, 7) is 8.13. The first-order chi connectivity index (χ1) is 12.8. The molecule has 8 nitrogen and oxygen atoms in total. The average molecular weight is 400 g/mol. The fraction of sp³-hybridized carbons (Fsp3) is 0.500. The second-order valence-electron chi connectivity index (χ2n) is 7.48. The van der Waals surface area contributed by atoms with E-state index in [9.17, 15) is 18.4 Å². The highest BCUT2D eigenvalue weighted by Crippen LogP contribution is 2.16. The molecule has 4 N–H and O–H groups in total. The molecule has 1 atom stereocenters. The van der Waals surface area contributed by atoms with Crippen molar-refractivity contribution in [2.45, 2.75) is 51.9 Å². The van der Waals surface area contributed by atoms with E-state index in [1.54, 1.807) is 34.6 Å². The predicted octanol–water partition coefficient (Wildman–Crippen LogP) is 2.02. The molecule has 156 valence electrons. The van der Waals surface area contributed by atoms with Crippen molar-refractivity contribution in [3.63, 3.8) is 0 Å². The summed E-state index contributed by atoms with van der Waals surface area (Å²) in [4.78, 5) is 24.6. The topological polar surface area (TPSA) is 115 Å². The number of methoxy groups -OCH3 is 1. The monoisotopic (exact) mass is 400 g/mol. The molecule has 1 rings (SSSR count). The molecular weight excluding hydrogens is 374 g/mol. The second-order valence-corrected chi connectivity index (χ2v) is 7.48. The van der Waals surface area contributed by atoms with E-state index in [0.29, 0.717) is 0 Å². The van der Waals surface area contributed by atoms with Gasteiger partial charge in [0.05, 0.1) is 11.2 Å². The minimum atomic E-state index is -1.22. The molecule has 0 aliphatic carbocycles. The fourth-order valence-electron chi connectivity index (χ4n) is 2.03. The van der Waals surface area contributed by atoms with Crippen molar-refractivity contribution in [2.75, 3.05) is 7.11 Å². The van der Waals surface area contributed by atoms with Crippen LogP contribution in [0.1, 0.15) is 40.2 Å².